The molecule has 0 amide bonds. The Kier molecular flexibility index (Phi) is 3.71. The van der Waals surface area contributed by atoms with Crippen molar-refractivity contribution in [2.75, 3.05) is 14.2 Å². The highest BCUT2D eigenvalue weighted by Gasteiger charge is 2.31. The summed E-state index contributed by atoms with van der Waals surface area (Å²) < 4.78 is 16.4. The quantitative estimate of drug-likeness (QED) is 0.939. The second-order valence-electron chi connectivity index (χ2n) is 5.02. The summed E-state index contributed by atoms with van der Waals surface area (Å²) in [6.07, 6.45) is -0.366. The van der Waals surface area contributed by atoms with Gasteiger partial charge in [-0.25, -0.2) is 0 Å². The summed E-state index contributed by atoms with van der Waals surface area (Å²) in [5, 5.41) is 10.6. The van der Waals surface area contributed by atoms with Crippen molar-refractivity contribution in [2.24, 2.45) is 0 Å². The van der Waals surface area contributed by atoms with Crippen molar-refractivity contribution < 1.29 is 19.3 Å². The van der Waals surface area contributed by atoms with Crippen LogP contribution in [0.1, 0.15) is 17.2 Å². The van der Waals surface area contributed by atoms with Crippen molar-refractivity contribution in [1.82, 2.24) is 0 Å². The second kappa shape index (κ2) is 5.66. The van der Waals surface area contributed by atoms with Crippen LogP contribution in [0, 0.1) is 0 Å². The van der Waals surface area contributed by atoms with E-state index in [0.29, 0.717) is 23.5 Å². The molecule has 1 heterocycles. The summed E-state index contributed by atoms with van der Waals surface area (Å²) in [6.45, 7) is 0. The third kappa shape index (κ3) is 2.54. The van der Waals surface area contributed by atoms with Crippen LogP contribution in [-0.4, -0.2) is 25.4 Å². The molecule has 0 aromatic heterocycles. The molecule has 0 fully saturated rings. The molecule has 2 unspecified atom stereocenters. The Labute approximate surface area is 123 Å². The molecule has 3 rings (SSSR count). The van der Waals surface area contributed by atoms with Gasteiger partial charge in [0.1, 0.15) is 29.5 Å². The fourth-order valence-electron chi connectivity index (χ4n) is 2.65. The number of aliphatic hydroxyl groups excluding tert-OH is 1. The first-order valence-electron chi connectivity index (χ1n) is 6.87. The molecule has 0 spiro atoms. The Morgan fingerprint density at radius 2 is 1.95 bits per heavy atom. The third-order valence-corrected chi connectivity index (χ3v) is 3.78. The zero-order valence-electron chi connectivity index (χ0n) is 12.1. The maximum absolute atomic E-state index is 10.6. The summed E-state index contributed by atoms with van der Waals surface area (Å²) in [5.41, 5.74) is 1.82. The summed E-state index contributed by atoms with van der Waals surface area (Å²) in [7, 11) is 3.18. The summed E-state index contributed by atoms with van der Waals surface area (Å²) >= 11 is 0. The Hall–Kier alpha value is -2.20. The third-order valence-electron chi connectivity index (χ3n) is 3.78. The molecule has 0 aliphatic carbocycles. The number of hydrogen-bond acceptors (Lipinski definition) is 4. The van der Waals surface area contributed by atoms with E-state index in [-0.39, 0.29) is 6.10 Å². The Balaban J connectivity index is 1.85. The standard InChI is InChI=1S/C17H18O4/c1-19-12-7-8-13(15(10-12)20-2)17(18)16-9-11-5-3-4-6-14(11)21-16/h3-8,10,16-18H,9H2,1-2H3. The predicted molar refractivity (Wildman–Crippen MR) is 79.1 cm³/mol. The van der Waals surface area contributed by atoms with E-state index in [1.807, 2.05) is 36.4 Å². The van der Waals surface area contributed by atoms with Crippen LogP contribution in [0.15, 0.2) is 42.5 Å². The minimum absolute atomic E-state index is 0.301. The van der Waals surface area contributed by atoms with Crippen LogP contribution < -0.4 is 14.2 Å². The van der Waals surface area contributed by atoms with Crippen molar-refractivity contribution in [1.29, 1.82) is 0 Å². The van der Waals surface area contributed by atoms with Gasteiger partial charge in [0, 0.05) is 18.1 Å². The van der Waals surface area contributed by atoms with Crippen molar-refractivity contribution >= 4 is 0 Å². The SMILES string of the molecule is COc1ccc(C(O)C2Cc3ccccc3O2)c(OC)c1. The molecular weight excluding hydrogens is 268 g/mol. The molecule has 1 aliphatic heterocycles. The lowest BCUT2D eigenvalue weighted by molar-refractivity contribution is 0.0474. The van der Waals surface area contributed by atoms with Gasteiger partial charge in [0.2, 0.25) is 0 Å². The molecule has 4 nitrogen and oxygen atoms in total. The summed E-state index contributed by atoms with van der Waals surface area (Å²) in [6, 6.07) is 13.2. The number of para-hydroxylation sites is 1. The minimum Gasteiger partial charge on any atom is -0.497 e. The maximum Gasteiger partial charge on any atom is 0.133 e. The minimum atomic E-state index is -0.752. The molecule has 1 N–H and O–H groups in total. The van der Waals surface area contributed by atoms with Gasteiger partial charge in [-0.2, -0.15) is 0 Å². The molecule has 0 saturated heterocycles. The molecular formula is C17H18O4. The number of rotatable bonds is 4. The average Bonchev–Trinajstić information content (AvgIpc) is 2.97. The zero-order chi connectivity index (χ0) is 14.8. The number of hydrogen-bond donors (Lipinski definition) is 1. The van der Waals surface area contributed by atoms with Gasteiger partial charge < -0.3 is 19.3 Å². The van der Waals surface area contributed by atoms with Gasteiger partial charge in [-0.15, -0.1) is 0 Å². The molecule has 0 saturated carbocycles. The second-order valence-corrected chi connectivity index (χ2v) is 5.02. The molecule has 21 heavy (non-hydrogen) atoms. The molecule has 110 valence electrons. The first-order chi connectivity index (χ1) is 10.2. The van der Waals surface area contributed by atoms with Gasteiger partial charge in [0.25, 0.3) is 0 Å². The highest BCUT2D eigenvalue weighted by molar-refractivity contribution is 5.44. The van der Waals surface area contributed by atoms with E-state index in [9.17, 15) is 5.11 Å². The summed E-state index contributed by atoms with van der Waals surface area (Å²) in [5.74, 6) is 2.13. The number of ether oxygens (including phenoxy) is 3. The molecule has 4 heteroatoms. The maximum atomic E-state index is 10.6. The van der Waals surface area contributed by atoms with Crippen molar-refractivity contribution in [3.8, 4) is 17.2 Å². The fourth-order valence-corrected chi connectivity index (χ4v) is 2.65. The lowest BCUT2D eigenvalue weighted by Crippen LogP contribution is -2.23. The highest BCUT2D eigenvalue weighted by atomic mass is 16.5. The lowest BCUT2D eigenvalue weighted by Gasteiger charge is -2.21. The van der Waals surface area contributed by atoms with Gasteiger partial charge in [0.15, 0.2) is 0 Å². The monoisotopic (exact) mass is 286 g/mol. The van der Waals surface area contributed by atoms with Crippen molar-refractivity contribution in [3.63, 3.8) is 0 Å². The topological polar surface area (TPSA) is 47.9 Å². The normalized spacial score (nSPS) is 17.8. The van der Waals surface area contributed by atoms with Crippen molar-refractivity contribution in [3.05, 3.63) is 53.6 Å². The fraction of sp³-hybridized carbons (Fsp3) is 0.294. The van der Waals surface area contributed by atoms with Crippen LogP contribution >= 0.6 is 0 Å². The molecule has 2 atom stereocenters. The molecule has 2 aromatic carbocycles. The average molecular weight is 286 g/mol. The van der Waals surface area contributed by atoms with E-state index in [1.165, 1.54) is 0 Å². The molecule has 1 aliphatic rings. The predicted octanol–water partition coefficient (Wildman–Crippen LogP) is 2.74. The van der Waals surface area contributed by atoms with E-state index >= 15 is 0 Å². The van der Waals surface area contributed by atoms with Crippen LogP contribution in [0.25, 0.3) is 0 Å². The van der Waals surface area contributed by atoms with E-state index < -0.39 is 6.10 Å². The summed E-state index contributed by atoms with van der Waals surface area (Å²) in [4.78, 5) is 0. The van der Waals surface area contributed by atoms with E-state index in [4.69, 9.17) is 14.2 Å². The first-order valence-corrected chi connectivity index (χ1v) is 6.87. The van der Waals surface area contributed by atoms with E-state index in [1.54, 1.807) is 20.3 Å². The van der Waals surface area contributed by atoms with Crippen molar-refractivity contribution in [2.45, 2.75) is 18.6 Å². The smallest absolute Gasteiger partial charge is 0.133 e. The lowest BCUT2D eigenvalue weighted by atomic mass is 9.99. The van der Waals surface area contributed by atoms with Gasteiger partial charge in [-0.05, 0) is 23.8 Å². The van der Waals surface area contributed by atoms with Crippen LogP contribution in [0.5, 0.6) is 17.2 Å². The molecule has 0 radical (unpaired) electrons. The van der Waals surface area contributed by atoms with E-state index in [0.717, 1.165) is 11.3 Å². The molecule has 0 bridgehead atoms. The Morgan fingerprint density at radius 3 is 2.67 bits per heavy atom. The van der Waals surface area contributed by atoms with Gasteiger partial charge in [0.05, 0.1) is 14.2 Å². The van der Waals surface area contributed by atoms with E-state index in [2.05, 4.69) is 0 Å². The number of benzene rings is 2. The zero-order valence-corrected chi connectivity index (χ0v) is 12.1. The molecule has 2 aromatic rings. The van der Waals surface area contributed by atoms with Gasteiger partial charge in [-0.3, -0.25) is 0 Å². The van der Waals surface area contributed by atoms with Crippen LogP contribution in [0.4, 0.5) is 0 Å². The van der Waals surface area contributed by atoms with Crippen LogP contribution in [0.2, 0.25) is 0 Å². The number of aliphatic hydroxyl groups is 1. The largest absolute Gasteiger partial charge is 0.497 e. The number of methoxy groups -OCH3 is 2. The Morgan fingerprint density at radius 1 is 1.14 bits per heavy atom. The van der Waals surface area contributed by atoms with Gasteiger partial charge in [-0.1, -0.05) is 18.2 Å². The van der Waals surface area contributed by atoms with Crippen LogP contribution in [-0.2, 0) is 6.42 Å². The Bertz CT molecular complexity index is 613. The first kappa shape index (κ1) is 13.8. The van der Waals surface area contributed by atoms with Gasteiger partial charge >= 0.3 is 0 Å². The van der Waals surface area contributed by atoms with Crippen LogP contribution in [0.3, 0.4) is 0 Å². The number of fused-ring (bicyclic) bond motifs is 1. The highest BCUT2D eigenvalue weighted by Crippen LogP contribution is 2.37.